The van der Waals surface area contributed by atoms with Gasteiger partial charge in [-0.05, 0) is 38.5 Å². The van der Waals surface area contributed by atoms with E-state index in [2.05, 4.69) is 43.5 Å². The van der Waals surface area contributed by atoms with Gasteiger partial charge in [-0.1, -0.05) is 167 Å². The Morgan fingerprint density at radius 2 is 1.11 bits per heavy atom. The Balaban J connectivity index is 2.42. The van der Waals surface area contributed by atoms with Crippen LogP contribution in [0.15, 0.2) is 24.3 Å². The molecule has 0 aromatic heterocycles. The van der Waals surface area contributed by atoms with Gasteiger partial charge in [0.05, 0.1) is 25.4 Å². The number of rotatable bonds is 36. The van der Waals surface area contributed by atoms with E-state index in [4.69, 9.17) is 9.47 Å². The molecule has 10 heteroatoms. The molecule has 0 radical (unpaired) electrons. The molecular formula is C44H83NO9. The number of amides is 1. The van der Waals surface area contributed by atoms with Crippen LogP contribution < -0.4 is 5.32 Å². The van der Waals surface area contributed by atoms with Crippen LogP contribution in [0.2, 0.25) is 0 Å². The number of aliphatic hydroxyl groups excluding tert-OH is 6. The molecule has 1 amide bonds. The fourth-order valence-corrected chi connectivity index (χ4v) is 7.01. The maximum Gasteiger partial charge on any atom is 0.220 e. The Morgan fingerprint density at radius 1 is 0.648 bits per heavy atom. The van der Waals surface area contributed by atoms with Crippen molar-refractivity contribution in [2.24, 2.45) is 0 Å². The predicted molar refractivity (Wildman–Crippen MR) is 218 cm³/mol. The molecule has 0 bridgehead atoms. The Hall–Kier alpha value is -1.37. The molecular weight excluding hydrogens is 686 g/mol. The number of unbranched alkanes of at least 4 members (excludes halogenated alkanes) is 22. The highest BCUT2D eigenvalue weighted by Crippen LogP contribution is 2.23. The number of ether oxygens (including phenoxy) is 2. The van der Waals surface area contributed by atoms with Crippen LogP contribution in [0.1, 0.15) is 187 Å². The number of allylic oxidation sites excluding steroid dienone is 4. The molecule has 318 valence electrons. The van der Waals surface area contributed by atoms with Crippen molar-refractivity contribution in [3.05, 3.63) is 24.3 Å². The van der Waals surface area contributed by atoms with Gasteiger partial charge in [0, 0.05) is 6.42 Å². The summed E-state index contributed by atoms with van der Waals surface area (Å²) in [6.07, 6.45) is 28.9. The SMILES string of the molecule is CCCCCC/C=C/C=C\CCCCCCCCCC(=O)N[C@@H](COC1OC(CO)C(O)C(O)C1O)[C@H](O)[C@H](O)CCCCCCCCCCCCCC. The van der Waals surface area contributed by atoms with Crippen LogP contribution in [-0.2, 0) is 14.3 Å². The van der Waals surface area contributed by atoms with Crippen molar-refractivity contribution in [2.45, 2.75) is 236 Å². The van der Waals surface area contributed by atoms with E-state index in [1.54, 1.807) is 0 Å². The summed E-state index contributed by atoms with van der Waals surface area (Å²) < 4.78 is 11.1. The molecule has 0 saturated carbocycles. The third-order valence-corrected chi connectivity index (χ3v) is 10.7. The molecule has 1 aliphatic heterocycles. The highest BCUT2D eigenvalue weighted by Gasteiger charge is 2.44. The van der Waals surface area contributed by atoms with Gasteiger partial charge in [0.1, 0.15) is 30.5 Å². The molecule has 1 rings (SSSR count). The summed E-state index contributed by atoms with van der Waals surface area (Å²) in [5.74, 6) is -0.268. The lowest BCUT2D eigenvalue weighted by Gasteiger charge is -2.40. The minimum atomic E-state index is -1.61. The van der Waals surface area contributed by atoms with E-state index >= 15 is 0 Å². The Bertz CT molecular complexity index is 916. The zero-order chi connectivity index (χ0) is 39.7. The minimum Gasteiger partial charge on any atom is -0.394 e. The van der Waals surface area contributed by atoms with Crippen LogP contribution >= 0.6 is 0 Å². The van der Waals surface area contributed by atoms with Gasteiger partial charge in [-0.2, -0.15) is 0 Å². The van der Waals surface area contributed by atoms with Crippen molar-refractivity contribution in [2.75, 3.05) is 13.2 Å². The molecule has 1 heterocycles. The molecule has 1 aliphatic rings. The normalized spacial score (nSPS) is 22.3. The largest absolute Gasteiger partial charge is 0.394 e. The van der Waals surface area contributed by atoms with Gasteiger partial charge in [-0.15, -0.1) is 0 Å². The first-order valence-corrected chi connectivity index (χ1v) is 22.2. The van der Waals surface area contributed by atoms with E-state index < -0.39 is 55.6 Å². The lowest BCUT2D eigenvalue weighted by molar-refractivity contribution is -0.303. The molecule has 0 aromatic carbocycles. The third-order valence-electron chi connectivity index (χ3n) is 10.7. The molecule has 8 atom stereocenters. The fraction of sp³-hybridized carbons (Fsp3) is 0.886. The van der Waals surface area contributed by atoms with Crippen LogP contribution in [0.3, 0.4) is 0 Å². The first kappa shape index (κ1) is 50.6. The monoisotopic (exact) mass is 770 g/mol. The number of nitrogens with one attached hydrogen (secondary N) is 1. The Labute approximate surface area is 329 Å². The van der Waals surface area contributed by atoms with E-state index in [1.165, 1.54) is 96.3 Å². The van der Waals surface area contributed by atoms with Gasteiger partial charge in [0.25, 0.3) is 0 Å². The van der Waals surface area contributed by atoms with Crippen LogP contribution in [-0.4, -0.2) is 98.7 Å². The minimum absolute atomic E-state index is 0.268. The van der Waals surface area contributed by atoms with E-state index in [1.807, 2.05) is 0 Å². The first-order valence-electron chi connectivity index (χ1n) is 22.2. The van der Waals surface area contributed by atoms with Crippen molar-refractivity contribution in [3.8, 4) is 0 Å². The third kappa shape index (κ3) is 25.0. The van der Waals surface area contributed by atoms with Gasteiger partial charge in [-0.3, -0.25) is 4.79 Å². The second-order valence-corrected chi connectivity index (χ2v) is 15.7. The number of hydrogen-bond donors (Lipinski definition) is 7. The van der Waals surface area contributed by atoms with Crippen LogP contribution in [0.25, 0.3) is 0 Å². The number of carbonyl (C=O) groups is 1. The molecule has 1 fully saturated rings. The average molecular weight is 770 g/mol. The van der Waals surface area contributed by atoms with E-state index in [9.17, 15) is 35.4 Å². The zero-order valence-electron chi connectivity index (χ0n) is 34.3. The van der Waals surface area contributed by atoms with Crippen molar-refractivity contribution in [1.82, 2.24) is 5.32 Å². The smallest absolute Gasteiger partial charge is 0.220 e. The standard InChI is InChI=1S/C44H83NO9/c1-3-5-7-9-11-13-15-17-18-19-20-21-23-25-27-29-31-33-39(48)45-36(35-53-44-43(52)42(51)41(50)38(34-46)54-44)40(49)37(47)32-30-28-26-24-22-16-14-12-10-8-6-4-2/h13,15,17-18,36-38,40-44,46-47,49-52H,3-12,14,16,19-35H2,1-2H3,(H,45,48)/b15-13+,18-17-/t36-,37+,38?,40-,41?,42?,43?,44?/m0/s1. The number of aliphatic hydroxyl groups is 6. The molecule has 1 saturated heterocycles. The van der Waals surface area contributed by atoms with Gasteiger partial charge in [0.15, 0.2) is 6.29 Å². The lowest BCUT2D eigenvalue weighted by atomic mass is 9.98. The van der Waals surface area contributed by atoms with E-state index in [0.717, 1.165) is 57.8 Å². The topological polar surface area (TPSA) is 169 Å². The van der Waals surface area contributed by atoms with Crippen molar-refractivity contribution >= 4 is 5.91 Å². The molecule has 7 N–H and O–H groups in total. The highest BCUT2D eigenvalue weighted by atomic mass is 16.7. The summed E-state index contributed by atoms with van der Waals surface area (Å²) in [7, 11) is 0. The second-order valence-electron chi connectivity index (χ2n) is 15.7. The van der Waals surface area contributed by atoms with Gasteiger partial charge in [0.2, 0.25) is 5.91 Å². The summed E-state index contributed by atoms with van der Waals surface area (Å²) in [6.45, 7) is 3.56. The summed E-state index contributed by atoms with van der Waals surface area (Å²) in [5, 5.41) is 65.0. The van der Waals surface area contributed by atoms with Crippen LogP contribution in [0.5, 0.6) is 0 Å². The lowest BCUT2D eigenvalue weighted by Crippen LogP contribution is -2.60. The molecule has 10 nitrogen and oxygen atoms in total. The van der Waals surface area contributed by atoms with Crippen molar-refractivity contribution < 1.29 is 44.9 Å². The van der Waals surface area contributed by atoms with Crippen molar-refractivity contribution in [3.63, 3.8) is 0 Å². The first-order chi connectivity index (χ1) is 26.3. The molecule has 54 heavy (non-hydrogen) atoms. The van der Waals surface area contributed by atoms with E-state index in [0.29, 0.717) is 12.8 Å². The summed E-state index contributed by atoms with van der Waals surface area (Å²) in [5.41, 5.74) is 0. The highest BCUT2D eigenvalue weighted by molar-refractivity contribution is 5.76. The number of hydrogen-bond acceptors (Lipinski definition) is 9. The maximum absolute atomic E-state index is 13.0. The van der Waals surface area contributed by atoms with Gasteiger partial charge >= 0.3 is 0 Å². The predicted octanol–water partition coefficient (Wildman–Crippen LogP) is 7.69. The summed E-state index contributed by atoms with van der Waals surface area (Å²) in [6, 6.07) is -0.993. The van der Waals surface area contributed by atoms with Gasteiger partial charge < -0.3 is 45.4 Å². The van der Waals surface area contributed by atoms with Crippen LogP contribution in [0.4, 0.5) is 0 Å². The quantitative estimate of drug-likeness (QED) is 0.0250. The zero-order valence-corrected chi connectivity index (χ0v) is 34.3. The van der Waals surface area contributed by atoms with Crippen LogP contribution in [0, 0.1) is 0 Å². The van der Waals surface area contributed by atoms with Crippen molar-refractivity contribution in [1.29, 1.82) is 0 Å². The summed E-state index contributed by atoms with van der Waals surface area (Å²) >= 11 is 0. The average Bonchev–Trinajstić information content (AvgIpc) is 3.17. The fourth-order valence-electron chi connectivity index (χ4n) is 7.01. The molecule has 0 spiro atoms. The Kier molecular flexibility index (Phi) is 32.7. The van der Waals surface area contributed by atoms with Gasteiger partial charge in [-0.25, -0.2) is 0 Å². The Morgan fingerprint density at radius 3 is 1.63 bits per heavy atom. The summed E-state index contributed by atoms with van der Waals surface area (Å²) in [4.78, 5) is 13.0. The maximum atomic E-state index is 13.0. The second kappa shape index (κ2) is 34.8. The number of carbonyl (C=O) groups excluding carboxylic acids is 1. The molecule has 0 aliphatic carbocycles. The molecule has 5 unspecified atom stereocenters. The van der Waals surface area contributed by atoms with E-state index in [-0.39, 0.29) is 18.9 Å². The molecule has 0 aromatic rings.